The molecule has 0 aliphatic carbocycles. The minimum Gasteiger partial charge on any atom is -0.496 e. The minimum atomic E-state index is -0.919. The van der Waals surface area contributed by atoms with Gasteiger partial charge in [0.25, 0.3) is 11.8 Å². The van der Waals surface area contributed by atoms with Crippen LogP contribution in [0.5, 0.6) is 5.75 Å². The van der Waals surface area contributed by atoms with Gasteiger partial charge in [-0.3, -0.25) is 14.4 Å². The number of ether oxygens (including phenoxy) is 2. The first-order valence-corrected chi connectivity index (χ1v) is 10.6. The van der Waals surface area contributed by atoms with Gasteiger partial charge in [0.2, 0.25) is 0 Å². The Morgan fingerprint density at radius 1 is 1.09 bits per heavy atom. The molecule has 33 heavy (non-hydrogen) atoms. The Hall–Kier alpha value is -3.49. The standard InChI is InChI=1S/C24H26F2N2O5/c1-27(14-17-5-3-4-6-21(17)32-2)22(29)15-33-24(31)16-9-11-28(12-10-16)23(30)19-8-7-18(25)13-20(19)26/h3-8,13,16H,9-12,14-15H2,1-2H3. The molecule has 1 aliphatic heterocycles. The van der Waals surface area contributed by atoms with E-state index in [1.54, 1.807) is 20.2 Å². The van der Waals surface area contributed by atoms with Crippen LogP contribution in [0, 0.1) is 17.6 Å². The third kappa shape index (κ3) is 6.06. The normalized spacial score (nSPS) is 14.0. The lowest BCUT2D eigenvalue weighted by molar-refractivity contribution is -0.156. The van der Waals surface area contributed by atoms with Gasteiger partial charge < -0.3 is 19.3 Å². The third-order valence-corrected chi connectivity index (χ3v) is 5.64. The highest BCUT2D eigenvalue weighted by atomic mass is 19.1. The summed E-state index contributed by atoms with van der Waals surface area (Å²) in [5.41, 5.74) is 0.623. The average molecular weight is 460 g/mol. The number of esters is 1. The van der Waals surface area contributed by atoms with Crippen molar-refractivity contribution >= 4 is 17.8 Å². The predicted molar refractivity (Wildman–Crippen MR) is 115 cm³/mol. The fourth-order valence-electron chi connectivity index (χ4n) is 3.69. The van der Waals surface area contributed by atoms with Gasteiger partial charge in [0, 0.05) is 38.3 Å². The summed E-state index contributed by atoms with van der Waals surface area (Å²) in [4.78, 5) is 40.1. The maximum absolute atomic E-state index is 13.9. The van der Waals surface area contributed by atoms with Gasteiger partial charge in [-0.25, -0.2) is 8.78 Å². The van der Waals surface area contributed by atoms with E-state index in [-0.39, 0.29) is 31.2 Å². The number of piperidine rings is 1. The Bertz CT molecular complexity index is 1020. The summed E-state index contributed by atoms with van der Waals surface area (Å²) in [6.45, 7) is 0.388. The molecule has 9 heteroatoms. The average Bonchev–Trinajstić information content (AvgIpc) is 2.82. The molecular formula is C24H26F2N2O5. The number of amides is 2. The van der Waals surface area contributed by atoms with Gasteiger partial charge in [-0.2, -0.15) is 0 Å². The molecule has 1 saturated heterocycles. The van der Waals surface area contributed by atoms with Crippen LogP contribution in [0.1, 0.15) is 28.8 Å². The monoisotopic (exact) mass is 460 g/mol. The summed E-state index contributed by atoms with van der Waals surface area (Å²) in [5.74, 6) is -2.88. The molecule has 3 rings (SSSR count). The maximum atomic E-state index is 13.9. The molecule has 1 aliphatic rings. The molecule has 0 atom stereocenters. The third-order valence-electron chi connectivity index (χ3n) is 5.64. The number of hydrogen-bond donors (Lipinski definition) is 0. The topological polar surface area (TPSA) is 76.2 Å². The summed E-state index contributed by atoms with van der Waals surface area (Å²) < 4.78 is 37.4. The highest BCUT2D eigenvalue weighted by Crippen LogP contribution is 2.22. The number of halogens is 2. The first-order valence-electron chi connectivity index (χ1n) is 10.6. The molecule has 1 fully saturated rings. The Balaban J connectivity index is 1.46. The van der Waals surface area contributed by atoms with E-state index in [0.29, 0.717) is 31.2 Å². The van der Waals surface area contributed by atoms with E-state index >= 15 is 0 Å². The van der Waals surface area contributed by atoms with E-state index in [1.807, 2.05) is 18.2 Å². The van der Waals surface area contributed by atoms with Gasteiger partial charge in [-0.15, -0.1) is 0 Å². The van der Waals surface area contributed by atoms with Crippen molar-refractivity contribution < 1.29 is 32.6 Å². The summed E-state index contributed by atoms with van der Waals surface area (Å²) >= 11 is 0. The number of likely N-dealkylation sites (N-methyl/N-ethyl adjacent to an activating group) is 1. The van der Waals surface area contributed by atoms with Crippen molar-refractivity contribution in [3.05, 3.63) is 65.2 Å². The van der Waals surface area contributed by atoms with E-state index in [2.05, 4.69) is 0 Å². The minimum absolute atomic E-state index is 0.207. The van der Waals surface area contributed by atoms with E-state index in [0.717, 1.165) is 17.7 Å². The molecule has 176 valence electrons. The van der Waals surface area contributed by atoms with Crippen LogP contribution in [0.15, 0.2) is 42.5 Å². The first-order chi connectivity index (χ1) is 15.8. The lowest BCUT2D eigenvalue weighted by atomic mass is 9.96. The van der Waals surface area contributed by atoms with Crippen molar-refractivity contribution in [2.45, 2.75) is 19.4 Å². The zero-order chi connectivity index (χ0) is 24.0. The van der Waals surface area contributed by atoms with Crippen molar-refractivity contribution in [2.75, 3.05) is 33.9 Å². The quantitative estimate of drug-likeness (QED) is 0.594. The molecule has 2 aromatic rings. The zero-order valence-corrected chi connectivity index (χ0v) is 18.6. The SMILES string of the molecule is COc1ccccc1CN(C)C(=O)COC(=O)C1CCN(C(=O)c2ccc(F)cc2F)CC1. The number of benzene rings is 2. The molecule has 7 nitrogen and oxygen atoms in total. The highest BCUT2D eigenvalue weighted by molar-refractivity contribution is 5.94. The van der Waals surface area contributed by atoms with Crippen LogP contribution >= 0.6 is 0 Å². The molecule has 0 radical (unpaired) electrons. The van der Waals surface area contributed by atoms with Crippen LogP contribution in [0.4, 0.5) is 8.78 Å². The smallest absolute Gasteiger partial charge is 0.309 e. The number of methoxy groups -OCH3 is 1. The summed E-state index contributed by atoms with van der Waals surface area (Å²) in [5, 5.41) is 0. The predicted octanol–water partition coefficient (Wildman–Crippen LogP) is 3.03. The molecule has 0 aromatic heterocycles. The number of rotatable bonds is 7. The van der Waals surface area contributed by atoms with Gasteiger partial charge in [-0.05, 0) is 31.0 Å². The molecule has 0 bridgehead atoms. The number of carbonyl (C=O) groups is 3. The van der Waals surface area contributed by atoms with E-state index in [9.17, 15) is 23.2 Å². The zero-order valence-electron chi connectivity index (χ0n) is 18.6. The maximum Gasteiger partial charge on any atom is 0.309 e. The van der Waals surface area contributed by atoms with Crippen LogP contribution in [-0.2, 0) is 20.9 Å². The Labute approximate surface area is 190 Å². The van der Waals surface area contributed by atoms with Crippen LogP contribution in [-0.4, -0.2) is 61.4 Å². The molecule has 2 amide bonds. The fourth-order valence-corrected chi connectivity index (χ4v) is 3.69. The fraction of sp³-hybridized carbons (Fsp3) is 0.375. The van der Waals surface area contributed by atoms with E-state index < -0.39 is 29.4 Å². The summed E-state index contributed by atoms with van der Waals surface area (Å²) in [7, 11) is 3.17. The second-order valence-corrected chi connectivity index (χ2v) is 7.86. The summed E-state index contributed by atoms with van der Waals surface area (Å²) in [6.07, 6.45) is 0.664. The molecule has 0 unspecified atom stereocenters. The molecule has 0 saturated carbocycles. The number of hydrogen-bond acceptors (Lipinski definition) is 5. The van der Waals surface area contributed by atoms with Crippen LogP contribution in [0.25, 0.3) is 0 Å². The van der Waals surface area contributed by atoms with Crippen LogP contribution in [0.3, 0.4) is 0 Å². The number of likely N-dealkylation sites (tertiary alicyclic amines) is 1. The lowest BCUT2D eigenvalue weighted by Gasteiger charge is -2.31. The van der Waals surface area contributed by atoms with E-state index in [1.165, 1.54) is 9.80 Å². The largest absolute Gasteiger partial charge is 0.496 e. The van der Waals surface area contributed by atoms with Gasteiger partial charge in [0.1, 0.15) is 17.4 Å². The molecule has 2 aromatic carbocycles. The van der Waals surface area contributed by atoms with Crippen molar-refractivity contribution in [1.82, 2.24) is 9.80 Å². The van der Waals surface area contributed by atoms with Crippen LogP contribution in [0.2, 0.25) is 0 Å². The van der Waals surface area contributed by atoms with E-state index in [4.69, 9.17) is 9.47 Å². The van der Waals surface area contributed by atoms with Gasteiger partial charge in [0.15, 0.2) is 6.61 Å². The van der Waals surface area contributed by atoms with Crippen molar-refractivity contribution in [3.8, 4) is 5.75 Å². The van der Waals surface area contributed by atoms with Gasteiger partial charge in [0.05, 0.1) is 18.6 Å². The summed E-state index contributed by atoms with van der Waals surface area (Å²) in [6, 6.07) is 10.1. The second kappa shape index (κ2) is 10.9. The van der Waals surface area contributed by atoms with Gasteiger partial charge in [-0.1, -0.05) is 18.2 Å². The van der Waals surface area contributed by atoms with Gasteiger partial charge >= 0.3 is 5.97 Å². The first kappa shape index (κ1) is 24.2. The Kier molecular flexibility index (Phi) is 7.97. The highest BCUT2D eigenvalue weighted by Gasteiger charge is 2.30. The van der Waals surface area contributed by atoms with Crippen molar-refractivity contribution in [2.24, 2.45) is 5.92 Å². The molecule has 0 spiro atoms. The van der Waals surface area contributed by atoms with Crippen molar-refractivity contribution in [1.29, 1.82) is 0 Å². The van der Waals surface area contributed by atoms with Crippen molar-refractivity contribution in [3.63, 3.8) is 0 Å². The number of carbonyl (C=O) groups excluding carboxylic acids is 3. The molecule has 1 heterocycles. The lowest BCUT2D eigenvalue weighted by Crippen LogP contribution is -2.41. The molecular weight excluding hydrogens is 434 g/mol. The Morgan fingerprint density at radius 3 is 2.45 bits per heavy atom. The number of nitrogens with zero attached hydrogens (tertiary/aromatic N) is 2. The molecule has 0 N–H and O–H groups in total. The second-order valence-electron chi connectivity index (χ2n) is 7.86. The number of para-hydroxylation sites is 1. The van der Waals surface area contributed by atoms with Crippen LogP contribution < -0.4 is 4.74 Å². The Morgan fingerprint density at radius 2 is 1.79 bits per heavy atom.